The summed E-state index contributed by atoms with van der Waals surface area (Å²) in [5.74, 6) is -2.84. The number of carbonyl (C=O) groups is 1. The maximum Gasteiger partial charge on any atom is 0.414 e. The molecule has 8 heteroatoms. The van der Waals surface area contributed by atoms with E-state index in [1.165, 1.54) is 12.4 Å². The van der Waals surface area contributed by atoms with Crippen molar-refractivity contribution in [2.45, 2.75) is 44.1 Å². The van der Waals surface area contributed by atoms with E-state index in [0.29, 0.717) is 0 Å². The molecule has 1 fully saturated rings. The number of carbonyl (C=O) groups excluding carboxylic acids is 1. The summed E-state index contributed by atoms with van der Waals surface area (Å²) >= 11 is 0. The lowest BCUT2D eigenvalue weighted by Gasteiger charge is -2.19. The van der Waals surface area contributed by atoms with Gasteiger partial charge in [0, 0.05) is 30.9 Å². The van der Waals surface area contributed by atoms with Crippen LogP contribution >= 0.6 is 0 Å². The van der Waals surface area contributed by atoms with Gasteiger partial charge in [-0.15, -0.1) is 0 Å². The average molecular weight is 300 g/mol. The van der Waals surface area contributed by atoms with Crippen LogP contribution in [0.2, 0.25) is 0 Å². The molecule has 0 saturated heterocycles. The van der Waals surface area contributed by atoms with E-state index in [1.807, 2.05) is 0 Å². The fourth-order valence-electron chi connectivity index (χ4n) is 2.02. The molecule has 1 amide bonds. The van der Waals surface area contributed by atoms with Crippen LogP contribution < -0.4 is 11.1 Å². The number of nitrogens with two attached hydrogens (primary N) is 1. The number of amides is 1. The van der Waals surface area contributed by atoms with Crippen molar-refractivity contribution in [1.29, 1.82) is 0 Å². The lowest BCUT2D eigenvalue weighted by molar-refractivity contribution is 0.0634. The lowest BCUT2D eigenvalue weighted by atomic mass is 9.99. The minimum Gasteiger partial charge on any atom is -0.444 e. The van der Waals surface area contributed by atoms with Crippen molar-refractivity contribution in [3.63, 3.8) is 0 Å². The highest BCUT2D eigenvalue weighted by atomic mass is 19.3. The Hall–Kier alpha value is -1.83. The minimum atomic E-state index is -2.83. The number of nitrogens with zero attached hydrogens (tertiary/aromatic N) is 2. The van der Waals surface area contributed by atoms with Crippen molar-refractivity contribution in [2.75, 3.05) is 11.9 Å². The fourth-order valence-corrected chi connectivity index (χ4v) is 2.02. The van der Waals surface area contributed by atoms with E-state index >= 15 is 0 Å². The molecule has 1 saturated carbocycles. The van der Waals surface area contributed by atoms with Crippen molar-refractivity contribution in [3.05, 3.63) is 18.0 Å². The van der Waals surface area contributed by atoms with Gasteiger partial charge in [0.15, 0.2) is 0 Å². The van der Waals surface area contributed by atoms with Gasteiger partial charge in [-0.25, -0.2) is 23.5 Å². The average Bonchev–Trinajstić information content (AvgIpc) is 2.91. The third kappa shape index (κ3) is 3.10. The number of anilines is 1. The van der Waals surface area contributed by atoms with Crippen molar-refractivity contribution in [1.82, 2.24) is 9.97 Å². The molecule has 1 aromatic rings. The van der Waals surface area contributed by atoms with Gasteiger partial charge < -0.3 is 10.5 Å². The van der Waals surface area contributed by atoms with Gasteiger partial charge in [0.1, 0.15) is 5.60 Å². The number of aromatic nitrogens is 2. The van der Waals surface area contributed by atoms with E-state index < -0.39 is 23.0 Å². The third-order valence-corrected chi connectivity index (χ3v) is 3.26. The molecule has 1 aliphatic carbocycles. The molecule has 1 heterocycles. The second kappa shape index (κ2) is 4.87. The number of hydrogen-bond acceptors (Lipinski definition) is 5. The van der Waals surface area contributed by atoms with E-state index in [-0.39, 0.29) is 24.5 Å². The summed E-state index contributed by atoms with van der Waals surface area (Å²) in [6, 6.07) is 0. The summed E-state index contributed by atoms with van der Waals surface area (Å²) in [7, 11) is 0. The summed E-state index contributed by atoms with van der Waals surface area (Å²) in [4.78, 5) is 19.2. The zero-order chi connectivity index (χ0) is 15.9. The van der Waals surface area contributed by atoms with E-state index in [4.69, 9.17) is 10.5 Å². The van der Waals surface area contributed by atoms with E-state index in [2.05, 4.69) is 15.3 Å². The fraction of sp³-hybridized carbons (Fsp3) is 0.615. The molecule has 0 aliphatic heterocycles. The summed E-state index contributed by atoms with van der Waals surface area (Å²) in [5.41, 5.74) is 3.68. The summed E-state index contributed by atoms with van der Waals surface area (Å²) in [6.45, 7) is 4.98. The molecule has 21 heavy (non-hydrogen) atoms. The Morgan fingerprint density at radius 2 is 1.95 bits per heavy atom. The number of nitrogens with one attached hydrogen (secondary N) is 1. The molecule has 1 unspecified atom stereocenters. The maximum atomic E-state index is 13.4. The van der Waals surface area contributed by atoms with Crippen LogP contribution in [-0.2, 0) is 10.2 Å². The Labute approximate surface area is 121 Å². The molecule has 2 rings (SSSR count). The largest absolute Gasteiger partial charge is 0.444 e. The molecule has 1 atom stereocenters. The highest BCUT2D eigenvalue weighted by molar-refractivity contribution is 5.82. The van der Waals surface area contributed by atoms with Crippen LogP contribution in [0.25, 0.3) is 0 Å². The maximum absolute atomic E-state index is 13.4. The second-order valence-electron chi connectivity index (χ2n) is 6.09. The van der Waals surface area contributed by atoms with Crippen LogP contribution in [0, 0.1) is 0 Å². The zero-order valence-electron chi connectivity index (χ0n) is 12.1. The van der Waals surface area contributed by atoms with Crippen LogP contribution in [0.15, 0.2) is 12.4 Å². The predicted octanol–water partition coefficient (Wildman–Crippen LogP) is 2.06. The van der Waals surface area contributed by atoms with Gasteiger partial charge in [-0.05, 0) is 20.8 Å². The predicted molar refractivity (Wildman–Crippen MR) is 72.2 cm³/mol. The standard InChI is InChI=1S/C13H18F2N4O2/c1-11(2,3)21-10(20)19-9-17-4-8(5-18-9)12(7-16)6-13(12,14)15/h4-5H,6-7,16H2,1-3H3,(H,17,18,19,20). The monoisotopic (exact) mass is 300 g/mol. The number of alkyl halides is 2. The molecule has 0 bridgehead atoms. The number of ether oxygens (including phenoxy) is 1. The SMILES string of the molecule is CC(C)(C)OC(=O)Nc1ncc(C2(CN)CC2(F)F)cn1. The van der Waals surface area contributed by atoms with Crippen LogP contribution in [0.5, 0.6) is 0 Å². The Morgan fingerprint density at radius 1 is 1.43 bits per heavy atom. The first-order valence-electron chi connectivity index (χ1n) is 6.50. The van der Waals surface area contributed by atoms with Crippen molar-refractivity contribution < 1.29 is 18.3 Å². The Kier molecular flexibility index (Phi) is 3.61. The van der Waals surface area contributed by atoms with Crippen LogP contribution in [0.4, 0.5) is 19.5 Å². The smallest absolute Gasteiger partial charge is 0.414 e. The van der Waals surface area contributed by atoms with Gasteiger partial charge in [-0.2, -0.15) is 0 Å². The number of rotatable bonds is 3. The molecule has 0 spiro atoms. The zero-order valence-corrected chi connectivity index (χ0v) is 12.1. The first-order chi connectivity index (χ1) is 9.60. The number of halogens is 2. The van der Waals surface area contributed by atoms with Crippen molar-refractivity contribution in [2.24, 2.45) is 5.73 Å². The Morgan fingerprint density at radius 3 is 2.33 bits per heavy atom. The second-order valence-corrected chi connectivity index (χ2v) is 6.09. The first kappa shape index (κ1) is 15.6. The molecule has 116 valence electrons. The summed E-state index contributed by atoms with van der Waals surface area (Å²) in [6.07, 6.45) is 1.50. The van der Waals surface area contributed by atoms with Gasteiger partial charge in [0.05, 0.1) is 5.41 Å². The van der Waals surface area contributed by atoms with Crippen LogP contribution in [0.1, 0.15) is 32.8 Å². The first-order valence-corrected chi connectivity index (χ1v) is 6.50. The van der Waals surface area contributed by atoms with E-state index in [1.54, 1.807) is 20.8 Å². The number of hydrogen-bond donors (Lipinski definition) is 2. The lowest BCUT2D eigenvalue weighted by Crippen LogP contribution is -2.29. The minimum absolute atomic E-state index is 0.0101. The summed E-state index contributed by atoms with van der Waals surface area (Å²) in [5, 5.41) is 2.33. The van der Waals surface area contributed by atoms with Gasteiger partial charge in [-0.1, -0.05) is 0 Å². The quantitative estimate of drug-likeness (QED) is 0.891. The topological polar surface area (TPSA) is 90.1 Å². The highest BCUT2D eigenvalue weighted by Crippen LogP contribution is 2.60. The van der Waals surface area contributed by atoms with Crippen LogP contribution in [0.3, 0.4) is 0 Å². The van der Waals surface area contributed by atoms with Crippen molar-refractivity contribution in [3.8, 4) is 0 Å². The molecule has 1 aliphatic rings. The van der Waals surface area contributed by atoms with Crippen LogP contribution in [-0.4, -0.2) is 34.1 Å². The molecular formula is C13H18F2N4O2. The van der Waals surface area contributed by atoms with Gasteiger partial charge >= 0.3 is 6.09 Å². The molecule has 0 aromatic carbocycles. The normalized spacial score (nSPS) is 23.5. The van der Waals surface area contributed by atoms with Gasteiger partial charge in [0.25, 0.3) is 5.92 Å². The van der Waals surface area contributed by atoms with Gasteiger partial charge in [-0.3, -0.25) is 5.32 Å². The Balaban J connectivity index is 2.05. The summed E-state index contributed by atoms with van der Waals surface area (Å²) < 4.78 is 31.9. The molecule has 6 nitrogen and oxygen atoms in total. The molecule has 0 radical (unpaired) electrons. The molecule has 1 aromatic heterocycles. The van der Waals surface area contributed by atoms with E-state index in [0.717, 1.165) is 0 Å². The van der Waals surface area contributed by atoms with E-state index in [9.17, 15) is 13.6 Å². The van der Waals surface area contributed by atoms with Gasteiger partial charge in [0.2, 0.25) is 5.95 Å². The highest BCUT2D eigenvalue weighted by Gasteiger charge is 2.71. The molecular weight excluding hydrogens is 282 g/mol. The van der Waals surface area contributed by atoms with Crippen molar-refractivity contribution >= 4 is 12.0 Å². The Bertz CT molecular complexity index is 542. The molecule has 3 N–H and O–H groups in total. The third-order valence-electron chi connectivity index (χ3n) is 3.26.